The molecule has 9 nitrogen and oxygen atoms in total. The Morgan fingerprint density at radius 2 is 1.64 bits per heavy atom. The first kappa shape index (κ1) is 30.4. The number of nitrogens with zero attached hydrogens (tertiary/aromatic N) is 1. The van der Waals surface area contributed by atoms with E-state index in [-0.39, 0.29) is 12.6 Å². The second kappa shape index (κ2) is 15.4. The van der Waals surface area contributed by atoms with Gasteiger partial charge >= 0.3 is 24.2 Å². The molecular formula is C24H30F3N3O6. The number of alkyl halides is 3. The second-order valence-electron chi connectivity index (χ2n) is 8.20. The van der Waals surface area contributed by atoms with Crippen molar-refractivity contribution in [3.05, 3.63) is 66.0 Å². The van der Waals surface area contributed by atoms with Gasteiger partial charge in [0.1, 0.15) is 12.6 Å². The monoisotopic (exact) mass is 513 g/mol. The normalized spacial score (nSPS) is 12.6. The Morgan fingerprint density at radius 1 is 1.03 bits per heavy atom. The first-order chi connectivity index (χ1) is 16.9. The highest BCUT2D eigenvalue weighted by Crippen LogP contribution is 2.13. The van der Waals surface area contributed by atoms with Gasteiger partial charge in [-0.1, -0.05) is 50.2 Å². The largest absolute Gasteiger partial charge is 0.490 e. The van der Waals surface area contributed by atoms with Gasteiger partial charge in [-0.15, -0.1) is 0 Å². The third-order valence-corrected chi connectivity index (χ3v) is 4.60. The van der Waals surface area contributed by atoms with Crippen molar-refractivity contribution < 1.29 is 42.5 Å². The highest BCUT2D eigenvalue weighted by Gasteiger charge is 2.38. The third kappa shape index (κ3) is 13.3. The van der Waals surface area contributed by atoms with E-state index in [4.69, 9.17) is 14.6 Å². The number of alkyl carbamates (subject to hydrolysis) is 1. The molecule has 0 radical (unpaired) electrons. The number of carboxylic acids is 2. The third-order valence-electron chi connectivity index (χ3n) is 4.60. The molecule has 0 saturated carbocycles. The number of hydrogen-bond donors (Lipinski definition) is 4. The zero-order chi connectivity index (χ0) is 27.1. The quantitative estimate of drug-likeness (QED) is 0.357. The fourth-order valence-corrected chi connectivity index (χ4v) is 2.98. The van der Waals surface area contributed by atoms with Crippen molar-refractivity contribution in [3.8, 4) is 0 Å². The molecule has 2 atom stereocenters. The predicted octanol–water partition coefficient (Wildman–Crippen LogP) is 3.64. The standard InChI is InChI=1S/C22H29N3O4.C2HF3O2/c1-16(2)11-19(25-22(28)29-15-17-7-4-3-5-8-17)14-24-20(21(26)27)12-18-9-6-10-23-13-18;3-2(4,5)1(6)7/h3-10,13,16,19-20,24H,11-12,14-15H2,1-2H3,(H,25,28)(H,26,27);(H,6,7)/t19-,20+;/m1./s1. The molecule has 36 heavy (non-hydrogen) atoms. The van der Waals surface area contributed by atoms with Crippen LogP contribution in [-0.4, -0.2) is 58.0 Å². The van der Waals surface area contributed by atoms with Crippen molar-refractivity contribution in [2.75, 3.05) is 6.54 Å². The maximum Gasteiger partial charge on any atom is 0.490 e. The van der Waals surface area contributed by atoms with Gasteiger partial charge in [0.2, 0.25) is 0 Å². The minimum absolute atomic E-state index is 0.188. The average molecular weight is 514 g/mol. The van der Waals surface area contributed by atoms with E-state index in [2.05, 4.69) is 15.6 Å². The summed E-state index contributed by atoms with van der Waals surface area (Å²) < 4.78 is 37.0. The summed E-state index contributed by atoms with van der Waals surface area (Å²) in [5.41, 5.74) is 1.74. The van der Waals surface area contributed by atoms with Gasteiger partial charge in [-0.2, -0.15) is 13.2 Å². The Balaban J connectivity index is 0.000000809. The molecule has 12 heteroatoms. The van der Waals surface area contributed by atoms with Crippen LogP contribution in [0, 0.1) is 5.92 Å². The number of carboxylic acid groups (broad SMARTS) is 2. The Hall–Kier alpha value is -3.67. The summed E-state index contributed by atoms with van der Waals surface area (Å²) in [6.07, 6.45) is -1.28. The van der Waals surface area contributed by atoms with Gasteiger partial charge in [0.25, 0.3) is 0 Å². The first-order valence-electron chi connectivity index (χ1n) is 11.0. The molecule has 0 aliphatic heterocycles. The average Bonchev–Trinajstić information content (AvgIpc) is 2.81. The van der Waals surface area contributed by atoms with Crippen molar-refractivity contribution in [1.29, 1.82) is 0 Å². The molecule has 198 valence electrons. The molecular weight excluding hydrogens is 483 g/mol. The SMILES string of the molecule is CC(C)C[C@H](CN[C@@H](Cc1cccnc1)C(=O)O)NC(=O)OCc1ccccc1.O=C(O)C(F)(F)F. The summed E-state index contributed by atoms with van der Waals surface area (Å²) in [4.78, 5) is 36.7. The Morgan fingerprint density at radius 3 is 2.14 bits per heavy atom. The van der Waals surface area contributed by atoms with Crippen molar-refractivity contribution in [2.24, 2.45) is 5.92 Å². The van der Waals surface area contributed by atoms with Gasteiger partial charge in [0.05, 0.1) is 0 Å². The summed E-state index contributed by atoms with van der Waals surface area (Å²) in [5.74, 6) is -3.37. The first-order valence-corrected chi connectivity index (χ1v) is 11.0. The van der Waals surface area contributed by atoms with E-state index >= 15 is 0 Å². The summed E-state index contributed by atoms with van der Waals surface area (Å²) in [6.45, 7) is 4.62. The van der Waals surface area contributed by atoms with Crippen molar-refractivity contribution in [2.45, 2.75) is 51.6 Å². The number of carbonyl (C=O) groups is 3. The van der Waals surface area contributed by atoms with E-state index < -0.39 is 30.2 Å². The molecule has 0 aliphatic rings. The van der Waals surface area contributed by atoms with E-state index in [1.54, 1.807) is 18.5 Å². The number of rotatable bonds is 11. The lowest BCUT2D eigenvalue weighted by Gasteiger charge is -2.23. The van der Waals surface area contributed by atoms with Crippen LogP contribution in [0.2, 0.25) is 0 Å². The van der Waals surface area contributed by atoms with E-state index in [9.17, 15) is 27.9 Å². The summed E-state index contributed by atoms with van der Waals surface area (Å²) in [7, 11) is 0. The molecule has 0 fully saturated rings. The minimum Gasteiger partial charge on any atom is -0.480 e. The number of halogens is 3. The molecule has 1 aromatic heterocycles. The molecule has 1 heterocycles. The lowest BCUT2D eigenvalue weighted by atomic mass is 10.0. The maximum absolute atomic E-state index is 12.2. The number of aliphatic carboxylic acids is 2. The van der Waals surface area contributed by atoms with Crippen LogP contribution in [0.25, 0.3) is 0 Å². The number of aromatic nitrogens is 1. The number of benzene rings is 1. The number of amides is 1. The van der Waals surface area contributed by atoms with Crippen LogP contribution in [0.4, 0.5) is 18.0 Å². The fourth-order valence-electron chi connectivity index (χ4n) is 2.98. The zero-order valence-electron chi connectivity index (χ0n) is 19.9. The second-order valence-corrected chi connectivity index (χ2v) is 8.20. The summed E-state index contributed by atoms with van der Waals surface area (Å²) in [6, 6.07) is 12.1. The van der Waals surface area contributed by atoms with E-state index in [0.29, 0.717) is 25.3 Å². The number of nitrogens with one attached hydrogen (secondary N) is 2. The number of hydrogen-bond acceptors (Lipinski definition) is 6. The molecule has 0 bridgehead atoms. The van der Waals surface area contributed by atoms with Gasteiger partial charge in [-0.3, -0.25) is 9.78 Å². The van der Waals surface area contributed by atoms with Crippen LogP contribution in [0.1, 0.15) is 31.4 Å². The molecule has 0 spiro atoms. The molecule has 0 saturated heterocycles. The van der Waals surface area contributed by atoms with Crippen LogP contribution in [0.5, 0.6) is 0 Å². The lowest BCUT2D eigenvalue weighted by molar-refractivity contribution is -0.192. The minimum atomic E-state index is -5.08. The molecule has 0 unspecified atom stereocenters. The topological polar surface area (TPSA) is 138 Å². The molecule has 1 amide bonds. The van der Waals surface area contributed by atoms with Crippen LogP contribution in [0.3, 0.4) is 0 Å². The maximum atomic E-state index is 12.2. The van der Waals surface area contributed by atoms with Gasteiger partial charge < -0.3 is 25.6 Å². The van der Waals surface area contributed by atoms with Gasteiger partial charge in [-0.05, 0) is 36.0 Å². The van der Waals surface area contributed by atoms with Crippen molar-refractivity contribution in [3.63, 3.8) is 0 Å². The van der Waals surface area contributed by atoms with Gasteiger partial charge in [0.15, 0.2) is 0 Å². The molecule has 4 N–H and O–H groups in total. The smallest absolute Gasteiger partial charge is 0.480 e. The van der Waals surface area contributed by atoms with Crippen molar-refractivity contribution >= 4 is 18.0 Å². The zero-order valence-corrected chi connectivity index (χ0v) is 19.9. The lowest BCUT2D eigenvalue weighted by Crippen LogP contribution is -2.48. The van der Waals surface area contributed by atoms with E-state index in [1.807, 2.05) is 50.2 Å². The molecule has 1 aromatic carbocycles. The highest BCUT2D eigenvalue weighted by molar-refractivity contribution is 5.74. The molecule has 2 aromatic rings. The summed E-state index contributed by atoms with van der Waals surface area (Å²) >= 11 is 0. The number of carbonyl (C=O) groups excluding carboxylic acids is 1. The Bertz CT molecular complexity index is 943. The van der Waals surface area contributed by atoms with Crippen LogP contribution >= 0.6 is 0 Å². The van der Waals surface area contributed by atoms with Crippen LogP contribution in [0.15, 0.2) is 54.9 Å². The molecule has 2 rings (SSSR count). The van der Waals surface area contributed by atoms with Gasteiger partial charge in [0, 0.05) is 25.0 Å². The number of pyridine rings is 1. The predicted molar refractivity (Wildman–Crippen MR) is 124 cm³/mol. The summed E-state index contributed by atoms with van der Waals surface area (Å²) in [5, 5.41) is 22.6. The van der Waals surface area contributed by atoms with Crippen LogP contribution in [-0.2, 0) is 27.4 Å². The van der Waals surface area contributed by atoms with E-state index in [1.165, 1.54) is 0 Å². The van der Waals surface area contributed by atoms with Gasteiger partial charge in [-0.25, -0.2) is 9.59 Å². The fraction of sp³-hybridized carbons (Fsp3) is 0.417. The Labute approximate surface area is 206 Å². The number of ether oxygens (including phenoxy) is 1. The highest BCUT2D eigenvalue weighted by atomic mass is 19.4. The van der Waals surface area contributed by atoms with Crippen LogP contribution < -0.4 is 10.6 Å². The Kier molecular flexibility index (Phi) is 12.9. The van der Waals surface area contributed by atoms with Crippen molar-refractivity contribution in [1.82, 2.24) is 15.6 Å². The molecule has 0 aliphatic carbocycles. The van der Waals surface area contributed by atoms with E-state index in [0.717, 1.165) is 11.1 Å².